The summed E-state index contributed by atoms with van der Waals surface area (Å²) in [6.45, 7) is 0. The molecular formula is O7S2Sr. The molecule has 7 nitrogen and oxygen atoms in total. The van der Waals surface area contributed by atoms with Gasteiger partial charge in [0.15, 0.2) is 0 Å². The van der Waals surface area contributed by atoms with Crippen molar-refractivity contribution >= 4 is 66.3 Å². The van der Waals surface area contributed by atoms with Crippen molar-refractivity contribution in [3.05, 3.63) is 0 Å². The molecule has 0 spiro atoms. The Morgan fingerprint density at radius 3 is 1.10 bits per heavy atom. The molecular weight excluding hydrogens is 264 g/mol. The molecule has 0 aliphatic carbocycles. The van der Waals surface area contributed by atoms with Crippen LogP contribution in [0, 0.1) is 0 Å². The first-order valence-electron chi connectivity index (χ1n) is 1.33. The third-order valence-electron chi connectivity index (χ3n) is 0.167. The van der Waals surface area contributed by atoms with Crippen molar-refractivity contribution < 1.29 is 29.6 Å². The second kappa shape index (κ2) is 4.33. The Morgan fingerprint density at radius 2 is 1.10 bits per heavy atom. The summed E-state index contributed by atoms with van der Waals surface area (Å²) in [4.78, 5) is 0. The second-order valence-electron chi connectivity index (χ2n) is 0.885. The van der Waals surface area contributed by atoms with Gasteiger partial charge in [-0.3, -0.25) is 0 Å². The van der Waals surface area contributed by atoms with Gasteiger partial charge in [-0.25, -0.2) is 16.8 Å². The molecule has 0 atom stereocenters. The molecule has 0 aliphatic heterocycles. The molecule has 0 amide bonds. The van der Waals surface area contributed by atoms with Gasteiger partial charge >= 0.3 is 45.5 Å². The van der Waals surface area contributed by atoms with Crippen LogP contribution in [0.1, 0.15) is 0 Å². The van der Waals surface area contributed by atoms with Gasteiger partial charge in [-0.2, -0.15) is 3.63 Å². The maximum atomic E-state index is 9.29. The summed E-state index contributed by atoms with van der Waals surface area (Å²) < 4.78 is 58.2. The van der Waals surface area contributed by atoms with Crippen molar-refractivity contribution in [3.8, 4) is 0 Å². The molecule has 0 aromatic rings. The van der Waals surface area contributed by atoms with E-state index in [1.54, 1.807) is 0 Å². The van der Waals surface area contributed by atoms with Gasteiger partial charge in [0.05, 0.1) is 0 Å². The van der Waals surface area contributed by atoms with Gasteiger partial charge < -0.3 is 9.11 Å². The van der Waals surface area contributed by atoms with Crippen LogP contribution in [0.4, 0.5) is 0 Å². The summed E-state index contributed by atoms with van der Waals surface area (Å²) in [7, 11) is -10.9. The number of hydrogen-bond acceptors (Lipinski definition) is 7. The Morgan fingerprint density at radius 1 is 0.900 bits per heavy atom. The van der Waals surface area contributed by atoms with Gasteiger partial charge in [0, 0.05) is 0 Å². The van der Waals surface area contributed by atoms with Crippen molar-refractivity contribution in [2.45, 2.75) is 0 Å². The van der Waals surface area contributed by atoms with Gasteiger partial charge in [0.1, 0.15) is 0 Å². The number of rotatable bonds is 2. The van der Waals surface area contributed by atoms with E-state index in [1.807, 2.05) is 0 Å². The Labute approximate surface area is 94.6 Å². The van der Waals surface area contributed by atoms with Crippen LogP contribution >= 0.6 is 0 Å². The quantitative estimate of drug-likeness (QED) is 0.307. The van der Waals surface area contributed by atoms with Crippen molar-refractivity contribution in [2.75, 3.05) is 0 Å². The molecule has 0 radical (unpaired) electrons. The fraction of sp³-hybridized carbons (Fsp3) is 0. The van der Waals surface area contributed by atoms with E-state index >= 15 is 0 Å². The zero-order valence-corrected chi connectivity index (χ0v) is 9.49. The Bertz CT molecular complexity index is 237. The van der Waals surface area contributed by atoms with Crippen LogP contribution in [0.3, 0.4) is 0 Å². The third kappa shape index (κ3) is 12.0. The Balaban J connectivity index is 0. The van der Waals surface area contributed by atoms with E-state index in [9.17, 15) is 25.9 Å². The summed E-state index contributed by atoms with van der Waals surface area (Å²) in [5, 5.41) is 0. The molecule has 10 heavy (non-hydrogen) atoms. The van der Waals surface area contributed by atoms with Crippen molar-refractivity contribution in [1.82, 2.24) is 0 Å². The zero-order valence-electron chi connectivity index (χ0n) is 4.38. The van der Waals surface area contributed by atoms with Gasteiger partial charge in [-0.05, 0) is 0 Å². The van der Waals surface area contributed by atoms with E-state index in [0.29, 0.717) is 0 Å². The van der Waals surface area contributed by atoms with E-state index in [0.717, 1.165) is 0 Å². The van der Waals surface area contributed by atoms with E-state index in [2.05, 4.69) is 3.63 Å². The van der Waals surface area contributed by atoms with Crippen LogP contribution in [0.5, 0.6) is 0 Å². The van der Waals surface area contributed by atoms with Crippen LogP contribution in [0.2, 0.25) is 0 Å². The monoisotopic (exact) mass is 264 g/mol. The molecule has 56 valence electrons. The largest absolute Gasteiger partial charge is 2.00 e. The molecule has 0 rings (SSSR count). The van der Waals surface area contributed by atoms with Crippen LogP contribution in [0.25, 0.3) is 0 Å². The van der Waals surface area contributed by atoms with Crippen LogP contribution < -0.4 is 0 Å². The zero-order chi connectivity index (χ0) is 7.71. The summed E-state index contributed by atoms with van der Waals surface area (Å²) >= 11 is 0. The second-order valence-corrected chi connectivity index (χ2v) is 3.06. The molecule has 0 unspecified atom stereocenters. The van der Waals surface area contributed by atoms with Crippen LogP contribution in [-0.2, 0) is 24.4 Å². The molecule has 0 saturated heterocycles. The topological polar surface area (TPSA) is 124 Å². The minimum absolute atomic E-state index is 0. The van der Waals surface area contributed by atoms with Gasteiger partial charge in [0.2, 0.25) is 20.8 Å². The smallest absolute Gasteiger partial charge is 0.725 e. The van der Waals surface area contributed by atoms with Crippen molar-refractivity contribution in [2.24, 2.45) is 0 Å². The molecule has 0 heterocycles. The summed E-state index contributed by atoms with van der Waals surface area (Å²) in [6.07, 6.45) is 0. The predicted molar refractivity (Wildman–Crippen MR) is 26.2 cm³/mol. The van der Waals surface area contributed by atoms with Crippen molar-refractivity contribution in [1.29, 1.82) is 0 Å². The third-order valence-corrected chi connectivity index (χ3v) is 1.50. The SMILES string of the molecule is O=S(=O)([O-])OS(=O)(=O)[O-].[Sr+2]. The molecule has 0 aliphatic rings. The maximum Gasteiger partial charge on any atom is 2.00 e. The fourth-order valence-corrected chi connectivity index (χ4v) is 0.919. The Kier molecular flexibility index (Phi) is 5.98. The average Bonchev–Trinajstić information content (AvgIpc) is 1.14. The van der Waals surface area contributed by atoms with E-state index < -0.39 is 20.8 Å². The van der Waals surface area contributed by atoms with E-state index in [1.165, 1.54) is 0 Å². The minimum Gasteiger partial charge on any atom is -0.725 e. The molecule has 0 aromatic carbocycles. The predicted octanol–water partition coefficient (Wildman–Crippen LogP) is -2.46. The summed E-state index contributed by atoms with van der Waals surface area (Å²) in [6, 6.07) is 0. The molecule has 0 N–H and O–H groups in total. The molecule has 0 saturated carbocycles. The first kappa shape index (κ1) is 13.8. The minimum atomic E-state index is -5.43. The summed E-state index contributed by atoms with van der Waals surface area (Å²) in [5.41, 5.74) is 0. The van der Waals surface area contributed by atoms with Gasteiger partial charge in [-0.1, -0.05) is 0 Å². The van der Waals surface area contributed by atoms with E-state index in [4.69, 9.17) is 0 Å². The van der Waals surface area contributed by atoms with Gasteiger partial charge in [0.25, 0.3) is 0 Å². The summed E-state index contributed by atoms with van der Waals surface area (Å²) in [5.74, 6) is 0. The number of hydrogen-bond donors (Lipinski definition) is 0. The van der Waals surface area contributed by atoms with Crippen molar-refractivity contribution in [3.63, 3.8) is 0 Å². The molecule has 0 aromatic heterocycles. The average molecular weight is 264 g/mol. The van der Waals surface area contributed by atoms with Crippen LogP contribution in [-0.4, -0.2) is 71.4 Å². The first-order chi connectivity index (χ1) is 3.71. The van der Waals surface area contributed by atoms with E-state index in [-0.39, 0.29) is 45.5 Å². The Hall–Kier alpha value is 1.26. The molecule has 10 heteroatoms. The van der Waals surface area contributed by atoms with Gasteiger partial charge in [-0.15, -0.1) is 0 Å². The normalized spacial score (nSPS) is 12.2. The first-order valence-corrected chi connectivity index (χ1v) is 4.00. The van der Waals surface area contributed by atoms with Crippen LogP contribution in [0.15, 0.2) is 0 Å². The fourth-order valence-electron chi connectivity index (χ4n) is 0.102. The standard InChI is InChI=1S/H2O7S2.Sr/c1-8(2,3)7-9(4,5)6;/h(H,1,2,3)(H,4,5,6);/q;+2/p-2. The molecule has 0 bridgehead atoms. The molecule has 0 fully saturated rings. The maximum absolute atomic E-state index is 9.29.